The molecule has 2 heteroatoms. The van der Waals surface area contributed by atoms with Crippen LogP contribution in [0.15, 0.2) is 12.2 Å². The summed E-state index contributed by atoms with van der Waals surface area (Å²) >= 11 is 5.49. The number of rotatable bonds is 4. The SMILES string of the molecule is C=C(CCl)C[C@H](O)C(C)C. The van der Waals surface area contributed by atoms with E-state index in [0.717, 1.165) is 5.57 Å². The molecule has 1 nitrogen and oxygen atoms in total. The summed E-state index contributed by atoms with van der Waals surface area (Å²) in [5, 5.41) is 9.31. The Morgan fingerprint density at radius 2 is 2.10 bits per heavy atom. The van der Waals surface area contributed by atoms with E-state index >= 15 is 0 Å². The van der Waals surface area contributed by atoms with Crippen molar-refractivity contribution in [2.24, 2.45) is 5.92 Å². The molecular formula is C8H15ClO. The molecule has 0 unspecified atom stereocenters. The molecule has 1 atom stereocenters. The number of aliphatic hydroxyl groups is 1. The molecule has 0 aliphatic rings. The zero-order valence-corrected chi connectivity index (χ0v) is 7.36. The fourth-order valence-corrected chi connectivity index (χ4v) is 0.695. The smallest absolute Gasteiger partial charge is 0.0600 e. The standard InChI is InChI=1S/C8H15ClO/c1-6(2)8(10)4-7(3)5-9/h6,8,10H,3-5H2,1-2H3/t8-/m0/s1. The lowest BCUT2D eigenvalue weighted by atomic mass is 10.0. The van der Waals surface area contributed by atoms with Crippen LogP contribution in [-0.4, -0.2) is 17.1 Å². The molecule has 0 radical (unpaired) electrons. The van der Waals surface area contributed by atoms with Crippen molar-refractivity contribution in [1.82, 2.24) is 0 Å². The molecule has 0 spiro atoms. The van der Waals surface area contributed by atoms with Crippen molar-refractivity contribution in [2.45, 2.75) is 26.4 Å². The summed E-state index contributed by atoms with van der Waals surface area (Å²) in [6.07, 6.45) is 0.340. The molecule has 0 aromatic heterocycles. The second kappa shape index (κ2) is 4.75. The first kappa shape index (κ1) is 9.99. The van der Waals surface area contributed by atoms with Crippen LogP contribution in [0.2, 0.25) is 0 Å². The first-order chi connectivity index (χ1) is 4.57. The summed E-state index contributed by atoms with van der Waals surface area (Å²) in [5.74, 6) is 0.740. The molecule has 0 aliphatic heterocycles. The Bertz CT molecular complexity index is 110. The van der Waals surface area contributed by atoms with Gasteiger partial charge < -0.3 is 5.11 Å². The van der Waals surface area contributed by atoms with Crippen molar-refractivity contribution in [3.8, 4) is 0 Å². The van der Waals surface area contributed by atoms with E-state index in [-0.39, 0.29) is 6.10 Å². The zero-order valence-electron chi connectivity index (χ0n) is 6.60. The largest absolute Gasteiger partial charge is 0.393 e. The Balaban J connectivity index is 3.57. The molecule has 0 aromatic carbocycles. The lowest BCUT2D eigenvalue weighted by Crippen LogP contribution is -2.15. The van der Waals surface area contributed by atoms with E-state index in [0.29, 0.717) is 18.2 Å². The molecule has 0 fully saturated rings. The summed E-state index contributed by atoms with van der Waals surface area (Å²) in [6, 6.07) is 0. The zero-order chi connectivity index (χ0) is 8.15. The summed E-state index contributed by atoms with van der Waals surface area (Å²) in [6.45, 7) is 7.66. The number of hydrogen-bond donors (Lipinski definition) is 1. The van der Waals surface area contributed by atoms with Gasteiger partial charge in [-0.25, -0.2) is 0 Å². The Labute approximate surface area is 67.7 Å². The molecule has 0 saturated heterocycles. The monoisotopic (exact) mass is 162 g/mol. The molecule has 1 N–H and O–H groups in total. The predicted octanol–water partition coefficient (Wildman–Crippen LogP) is 2.19. The van der Waals surface area contributed by atoms with Crippen LogP contribution in [0.3, 0.4) is 0 Å². The number of hydrogen-bond acceptors (Lipinski definition) is 1. The Hall–Kier alpha value is -0.0100. The fourth-order valence-electron chi connectivity index (χ4n) is 0.586. The third kappa shape index (κ3) is 3.91. The molecular weight excluding hydrogens is 148 g/mol. The maximum atomic E-state index is 9.31. The second-order valence-electron chi connectivity index (χ2n) is 2.90. The van der Waals surface area contributed by atoms with Crippen LogP contribution in [0.1, 0.15) is 20.3 Å². The van der Waals surface area contributed by atoms with Gasteiger partial charge in [-0.2, -0.15) is 0 Å². The maximum absolute atomic E-state index is 9.31. The van der Waals surface area contributed by atoms with Gasteiger partial charge in [0.25, 0.3) is 0 Å². The van der Waals surface area contributed by atoms with Crippen LogP contribution in [0.4, 0.5) is 0 Å². The first-order valence-electron chi connectivity index (χ1n) is 3.48. The van der Waals surface area contributed by atoms with Gasteiger partial charge in [-0.15, -0.1) is 11.6 Å². The van der Waals surface area contributed by atoms with Gasteiger partial charge in [0.1, 0.15) is 0 Å². The van der Waals surface area contributed by atoms with E-state index in [4.69, 9.17) is 11.6 Å². The van der Waals surface area contributed by atoms with Gasteiger partial charge in [-0.05, 0) is 12.3 Å². The number of halogens is 1. The van der Waals surface area contributed by atoms with Crippen LogP contribution < -0.4 is 0 Å². The normalized spacial score (nSPS) is 13.7. The Morgan fingerprint density at radius 1 is 1.60 bits per heavy atom. The molecule has 0 amide bonds. The third-order valence-electron chi connectivity index (χ3n) is 1.46. The van der Waals surface area contributed by atoms with E-state index in [1.807, 2.05) is 13.8 Å². The van der Waals surface area contributed by atoms with Gasteiger partial charge in [-0.3, -0.25) is 0 Å². The summed E-state index contributed by atoms with van der Waals surface area (Å²) in [7, 11) is 0. The quantitative estimate of drug-likeness (QED) is 0.497. The van der Waals surface area contributed by atoms with Crippen molar-refractivity contribution in [2.75, 3.05) is 5.88 Å². The molecule has 0 aliphatic carbocycles. The highest BCUT2D eigenvalue weighted by molar-refractivity contribution is 6.19. The van der Waals surface area contributed by atoms with Crippen molar-refractivity contribution in [1.29, 1.82) is 0 Å². The highest BCUT2D eigenvalue weighted by Crippen LogP contribution is 2.11. The maximum Gasteiger partial charge on any atom is 0.0600 e. The lowest BCUT2D eigenvalue weighted by molar-refractivity contribution is 0.126. The van der Waals surface area contributed by atoms with Crippen molar-refractivity contribution < 1.29 is 5.11 Å². The second-order valence-corrected chi connectivity index (χ2v) is 3.17. The average molecular weight is 163 g/mol. The summed E-state index contributed by atoms with van der Waals surface area (Å²) < 4.78 is 0. The van der Waals surface area contributed by atoms with Gasteiger partial charge >= 0.3 is 0 Å². The van der Waals surface area contributed by atoms with Gasteiger partial charge in [0.05, 0.1) is 6.10 Å². The highest BCUT2D eigenvalue weighted by atomic mass is 35.5. The van der Waals surface area contributed by atoms with Crippen LogP contribution >= 0.6 is 11.6 Å². The van der Waals surface area contributed by atoms with Gasteiger partial charge in [0.2, 0.25) is 0 Å². The average Bonchev–Trinajstić information content (AvgIpc) is 1.87. The van der Waals surface area contributed by atoms with Crippen LogP contribution in [-0.2, 0) is 0 Å². The van der Waals surface area contributed by atoms with Gasteiger partial charge in [0.15, 0.2) is 0 Å². The minimum Gasteiger partial charge on any atom is -0.393 e. The third-order valence-corrected chi connectivity index (χ3v) is 1.83. The molecule has 10 heavy (non-hydrogen) atoms. The molecule has 0 heterocycles. The fraction of sp³-hybridized carbons (Fsp3) is 0.750. The molecule has 0 aromatic rings. The number of aliphatic hydroxyl groups excluding tert-OH is 1. The minimum atomic E-state index is -0.286. The van der Waals surface area contributed by atoms with E-state index in [9.17, 15) is 5.11 Å². The number of alkyl halides is 1. The lowest BCUT2D eigenvalue weighted by Gasteiger charge is -2.14. The van der Waals surface area contributed by atoms with Gasteiger partial charge in [0, 0.05) is 5.88 Å². The molecule has 0 saturated carbocycles. The Kier molecular flexibility index (Phi) is 4.75. The van der Waals surface area contributed by atoms with Crippen LogP contribution in [0.5, 0.6) is 0 Å². The van der Waals surface area contributed by atoms with Crippen molar-refractivity contribution >= 4 is 11.6 Å². The van der Waals surface area contributed by atoms with Crippen molar-refractivity contribution in [3.63, 3.8) is 0 Å². The predicted molar refractivity (Wildman–Crippen MR) is 45.3 cm³/mol. The Morgan fingerprint density at radius 3 is 2.40 bits per heavy atom. The highest BCUT2D eigenvalue weighted by Gasteiger charge is 2.09. The molecule has 60 valence electrons. The van der Waals surface area contributed by atoms with E-state index < -0.39 is 0 Å². The summed E-state index contributed by atoms with van der Waals surface area (Å²) in [4.78, 5) is 0. The first-order valence-corrected chi connectivity index (χ1v) is 4.02. The van der Waals surface area contributed by atoms with E-state index in [1.165, 1.54) is 0 Å². The molecule has 0 bridgehead atoms. The van der Waals surface area contributed by atoms with Crippen LogP contribution in [0, 0.1) is 5.92 Å². The van der Waals surface area contributed by atoms with Crippen molar-refractivity contribution in [3.05, 3.63) is 12.2 Å². The minimum absolute atomic E-state index is 0.286. The van der Waals surface area contributed by atoms with E-state index in [1.54, 1.807) is 0 Å². The van der Waals surface area contributed by atoms with Gasteiger partial charge in [-0.1, -0.05) is 26.0 Å². The molecule has 0 rings (SSSR count). The van der Waals surface area contributed by atoms with Crippen LogP contribution in [0.25, 0.3) is 0 Å². The van der Waals surface area contributed by atoms with E-state index in [2.05, 4.69) is 6.58 Å². The topological polar surface area (TPSA) is 20.2 Å². The summed E-state index contributed by atoms with van der Waals surface area (Å²) in [5.41, 5.74) is 0.905.